The zero-order chi connectivity index (χ0) is 20.2. The molecular weight excluding hydrogens is 402 g/mol. The number of hydrogen-bond acceptors (Lipinski definition) is 3. The fraction of sp³-hybridized carbons (Fsp3) is 0.130. The summed E-state index contributed by atoms with van der Waals surface area (Å²) in [5.74, 6) is 0.200. The summed E-state index contributed by atoms with van der Waals surface area (Å²) >= 11 is 7.34. The minimum atomic E-state index is -0.0770. The molecule has 6 heteroatoms. The van der Waals surface area contributed by atoms with Gasteiger partial charge in [-0.1, -0.05) is 59.8 Å². The van der Waals surface area contributed by atoms with Gasteiger partial charge in [-0.2, -0.15) is 0 Å². The van der Waals surface area contributed by atoms with E-state index < -0.39 is 0 Å². The van der Waals surface area contributed by atoms with Gasteiger partial charge in [0, 0.05) is 10.7 Å². The molecule has 0 radical (unpaired) electrons. The Hall–Kier alpha value is -2.76. The lowest BCUT2D eigenvalue weighted by atomic mass is 10.1. The molecule has 1 heterocycles. The molecule has 0 atom stereocenters. The molecule has 1 amide bonds. The molecule has 0 saturated heterocycles. The molecule has 0 bridgehead atoms. The minimum Gasteiger partial charge on any atom is -0.325 e. The van der Waals surface area contributed by atoms with E-state index in [0.717, 1.165) is 21.9 Å². The number of para-hydroxylation sites is 2. The number of imidazole rings is 1. The van der Waals surface area contributed by atoms with Gasteiger partial charge in [-0.25, -0.2) is 4.98 Å². The van der Waals surface area contributed by atoms with Crippen LogP contribution in [0.3, 0.4) is 0 Å². The number of rotatable bonds is 6. The van der Waals surface area contributed by atoms with Crippen LogP contribution >= 0.6 is 23.4 Å². The Morgan fingerprint density at radius 1 is 1.03 bits per heavy atom. The van der Waals surface area contributed by atoms with Crippen LogP contribution in [0.25, 0.3) is 11.0 Å². The number of nitrogens with zero attached hydrogens (tertiary/aromatic N) is 2. The van der Waals surface area contributed by atoms with Gasteiger partial charge in [0.25, 0.3) is 0 Å². The molecular formula is C23H20ClN3OS. The van der Waals surface area contributed by atoms with Crippen LogP contribution in [-0.4, -0.2) is 21.2 Å². The van der Waals surface area contributed by atoms with E-state index in [1.807, 2.05) is 30.3 Å². The third-order valence-electron chi connectivity index (χ3n) is 4.67. The van der Waals surface area contributed by atoms with Gasteiger partial charge in [-0.15, -0.1) is 0 Å². The Morgan fingerprint density at radius 3 is 2.55 bits per heavy atom. The highest BCUT2D eigenvalue weighted by Crippen LogP contribution is 2.26. The fourth-order valence-electron chi connectivity index (χ4n) is 3.13. The molecule has 0 spiro atoms. The van der Waals surface area contributed by atoms with Crippen LogP contribution in [0.15, 0.2) is 78.0 Å². The van der Waals surface area contributed by atoms with Crippen LogP contribution < -0.4 is 5.32 Å². The number of hydrogen-bond donors (Lipinski definition) is 1. The maximum Gasteiger partial charge on any atom is 0.234 e. The number of anilines is 1. The summed E-state index contributed by atoms with van der Waals surface area (Å²) in [5.41, 5.74) is 5.20. The van der Waals surface area contributed by atoms with E-state index in [0.29, 0.717) is 11.6 Å². The molecule has 1 N–H and O–H groups in total. The number of fused-ring (bicyclic) bond motifs is 1. The smallest absolute Gasteiger partial charge is 0.234 e. The number of benzene rings is 3. The SMILES string of the molecule is Cc1ccccc1Cn1c(SCC(=O)Nc2ccc(Cl)cc2)nc2ccccc21. The number of halogens is 1. The Labute approximate surface area is 178 Å². The number of thioether (sulfide) groups is 1. The Bertz CT molecular complexity index is 1150. The van der Waals surface area contributed by atoms with Gasteiger partial charge >= 0.3 is 0 Å². The zero-order valence-corrected chi connectivity index (χ0v) is 17.5. The van der Waals surface area contributed by atoms with Gasteiger partial charge in [0.05, 0.1) is 23.3 Å². The zero-order valence-electron chi connectivity index (χ0n) is 15.9. The first-order valence-corrected chi connectivity index (χ1v) is 10.6. The van der Waals surface area contributed by atoms with Crippen LogP contribution in [-0.2, 0) is 11.3 Å². The van der Waals surface area contributed by atoms with Gasteiger partial charge in [-0.05, 0) is 54.4 Å². The van der Waals surface area contributed by atoms with Crippen LogP contribution in [0.4, 0.5) is 5.69 Å². The summed E-state index contributed by atoms with van der Waals surface area (Å²) in [4.78, 5) is 17.2. The number of aromatic nitrogens is 2. The van der Waals surface area contributed by atoms with E-state index in [1.54, 1.807) is 24.3 Å². The number of amides is 1. The Kier molecular flexibility index (Phi) is 5.88. The molecule has 4 rings (SSSR count). The first-order valence-electron chi connectivity index (χ1n) is 9.28. The van der Waals surface area contributed by atoms with Gasteiger partial charge < -0.3 is 9.88 Å². The van der Waals surface area contributed by atoms with Crippen molar-refractivity contribution in [1.82, 2.24) is 9.55 Å². The van der Waals surface area contributed by atoms with Crippen molar-refractivity contribution < 1.29 is 4.79 Å². The van der Waals surface area contributed by atoms with Gasteiger partial charge in [0.2, 0.25) is 5.91 Å². The van der Waals surface area contributed by atoms with Crippen molar-refractivity contribution in [2.75, 3.05) is 11.1 Å². The molecule has 4 aromatic rings. The van der Waals surface area contributed by atoms with Crippen molar-refractivity contribution in [2.24, 2.45) is 0 Å². The van der Waals surface area contributed by atoms with Gasteiger partial charge in [-0.3, -0.25) is 4.79 Å². The Balaban J connectivity index is 1.54. The van der Waals surface area contributed by atoms with Crippen LogP contribution in [0.2, 0.25) is 5.02 Å². The average molecular weight is 422 g/mol. The van der Waals surface area contributed by atoms with Crippen molar-refractivity contribution >= 4 is 46.0 Å². The van der Waals surface area contributed by atoms with E-state index in [-0.39, 0.29) is 11.7 Å². The van der Waals surface area contributed by atoms with Crippen molar-refractivity contribution in [3.05, 3.63) is 88.9 Å². The lowest BCUT2D eigenvalue weighted by Gasteiger charge is -2.11. The largest absolute Gasteiger partial charge is 0.325 e. The second-order valence-corrected chi connectivity index (χ2v) is 8.12. The van der Waals surface area contributed by atoms with E-state index >= 15 is 0 Å². The van der Waals surface area contributed by atoms with Crippen molar-refractivity contribution in [2.45, 2.75) is 18.6 Å². The summed E-state index contributed by atoms with van der Waals surface area (Å²) in [6, 6.07) is 23.5. The average Bonchev–Trinajstić information content (AvgIpc) is 3.07. The predicted molar refractivity (Wildman–Crippen MR) is 121 cm³/mol. The summed E-state index contributed by atoms with van der Waals surface area (Å²) in [6.45, 7) is 2.83. The van der Waals surface area contributed by atoms with E-state index in [4.69, 9.17) is 16.6 Å². The quantitative estimate of drug-likeness (QED) is 0.401. The Morgan fingerprint density at radius 2 is 1.76 bits per heavy atom. The topological polar surface area (TPSA) is 46.9 Å². The van der Waals surface area contributed by atoms with E-state index in [2.05, 4.69) is 35.0 Å². The second-order valence-electron chi connectivity index (χ2n) is 6.74. The first kappa shape index (κ1) is 19.6. The maximum atomic E-state index is 12.4. The highest BCUT2D eigenvalue weighted by atomic mass is 35.5. The summed E-state index contributed by atoms with van der Waals surface area (Å²) in [6.07, 6.45) is 0. The third-order valence-corrected chi connectivity index (χ3v) is 5.90. The molecule has 0 aliphatic heterocycles. The molecule has 0 aliphatic rings. The first-order chi connectivity index (χ1) is 14.1. The highest BCUT2D eigenvalue weighted by Gasteiger charge is 2.14. The molecule has 0 fully saturated rings. The van der Waals surface area contributed by atoms with E-state index in [1.165, 1.54) is 22.9 Å². The van der Waals surface area contributed by atoms with Crippen LogP contribution in [0, 0.1) is 6.92 Å². The lowest BCUT2D eigenvalue weighted by Crippen LogP contribution is -2.14. The normalized spacial score (nSPS) is 11.0. The highest BCUT2D eigenvalue weighted by molar-refractivity contribution is 7.99. The standard InChI is InChI=1S/C23H20ClN3OS/c1-16-6-2-3-7-17(16)14-27-21-9-5-4-8-20(21)26-23(27)29-15-22(28)25-19-12-10-18(24)11-13-19/h2-13H,14-15H2,1H3,(H,25,28). The van der Waals surface area contributed by atoms with Crippen molar-refractivity contribution in [3.8, 4) is 0 Å². The number of nitrogens with one attached hydrogen (secondary N) is 1. The molecule has 0 saturated carbocycles. The van der Waals surface area contributed by atoms with Gasteiger partial charge in [0.1, 0.15) is 0 Å². The second kappa shape index (κ2) is 8.72. The molecule has 3 aromatic carbocycles. The lowest BCUT2D eigenvalue weighted by molar-refractivity contribution is -0.113. The number of aryl methyl sites for hydroxylation is 1. The van der Waals surface area contributed by atoms with Crippen molar-refractivity contribution in [3.63, 3.8) is 0 Å². The molecule has 29 heavy (non-hydrogen) atoms. The summed E-state index contributed by atoms with van der Waals surface area (Å²) < 4.78 is 2.18. The third kappa shape index (κ3) is 4.63. The summed E-state index contributed by atoms with van der Waals surface area (Å²) in [7, 11) is 0. The van der Waals surface area contributed by atoms with Gasteiger partial charge in [0.15, 0.2) is 5.16 Å². The van der Waals surface area contributed by atoms with E-state index in [9.17, 15) is 4.79 Å². The molecule has 146 valence electrons. The monoisotopic (exact) mass is 421 g/mol. The molecule has 0 aliphatic carbocycles. The predicted octanol–water partition coefficient (Wildman–Crippen LogP) is 5.78. The summed E-state index contributed by atoms with van der Waals surface area (Å²) in [5, 5.41) is 4.37. The maximum absolute atomic E-state index is 12.4. The number of carbonyl (C=O) groups is 1. The molecule has 1 aromatic heterocycles. The van der Waals surface area contributed by atoms with Crippen molar-refractivity contribution in [1.29, 1.82) is 0 Å². The van der Waals surface area contributed by atoms with Crippen LogP contribution in [0.5, 0.6) is 0 Å². The number of carbonyl (C=O) groups excluding carboxylic acids is 1. The molecule has 0 unspecified atom stereocenters. The van der Waals surface area contributed by atoms with Crippen LogP contribution in [0.1, 0.15) is 11.1 Å². The molecule has 4 nitrogen and oxygen atoms in total. The minimum absolute atomic E-state index is 0.0770. The fourth-order valence-corrected chi connectivity index (χ4v) is 4.07.